The number of anilines is 1. The van der Waals surface area contributed by atoms with E-state index in [2.05, 4.69) is 0 Å². The van der Waals surface area contributed by atoms with Crippen molar-refractivity contribution >= 4 is 29.4 Å². The highest BCUT2D eigenvalue weighted by molar-refractivity contribution is 6.24. The van der Waals surface area contributed by atoms with Crippen LogP contribution in [-0.4, -0.2) is 42.8 Å². The van der Waals surface area contributed by atoms with Crippen LogP contribution in [0.25, 0.3) is 6.08 Å². The van der Waals surface area contributed by atoms with E-state index in [9.17, 15) is 14.4 Å². The first-order valence-electron chi connectivity index (χ1n) is 12.2. The van der Waals surface area contributed by atoms with E-state index in [1.54, 1.807) is 30.3 Å². The Hall–Kier alpha value is -4.39. The van der Waals surface area contributed by atoms with Gasteiger partial charge in [-0.05, 0) is 54.5 Å². The predicted octanol–water partition coefficient (Wildman–Crippen LogP) is 4.41. The first-order chi connectivity index (χ1) is 17.9. The lowest BCUT2D eigenvalue weighted by atomic mass is 9.83. The van der Waals surface area contributed by atoms with E-state index >= 15 is 0 Å². The maximum absolute atomic E-state index is 14.1. The lowest BCUT2D eigenvalue weighted by Gasteiger charge is -2.35. The van der Waals surface area contributed by atoms with Crippen LogP contribution in [0.4, 0.5) is 5.69 Å². The van der Waals surface area contributed by atoms with Crippen molar-refractivity contribution in [3.63, 3.8) is 0 Å². The number of carbonyl (C=O) groups is 3. The molecule has 0 aromatic heterocycles. The summed E-state index contributed by atoms with van der Waals surface area (Å²) in [6.07, 6.45) is 3.79. The Morgan fingerprint density at radius 2 is 1.54 bits per heavy atom. The van der Waals surface area contributed by atoms with E-state index in [1.807, 2.05) is 60.5 Å². The highest BCUT2D eigenvalue weighted by Crippen LogP contribution is 2.53. The van der Waals surface area contributed by atoms with Gasteiger partial charge >= 0.3 is 0 Å². The van der Waals surface area contributed by atoms with Gasteiger partial charge in [-0.1, -0.05) is 42.0 Å². The Balaban J connectivity index is 1.48. The fraction of sp³-hybridized carbons (Fsp3) is 0.233. The first kappa shape index (κ1) is 23.0. The maximum Gasteiger partial charge on any atom is 0.240 e. The minimum absolute atomic E-state index is 0.241. The molecule has 0 radical (unpaired) electrons. The predicted molar refractivity (Wildman–Crippen MR) is 138 cm³/mol. The second kappa shape index (κ2) is 8.62. The fourth-order valence-corrected chi connectivity index (χ4v) is 5.97. The van der Waals surface area contributed by atoms with Crippen molar-refractivity contribution in [2.45, 2.75) is 19.0 Å². The van der Waals surface area contributed by atoms with Gasteiger partial charge in [-0.15, -0.1) is 0 Å². The van der Waals surface area contributed by atoms with Crippen LogP contribution in [0.2, 0.25) is 0 Å². The number of carbonyl (C=O) groups excluding carboxylic acids is 3. The SMILES string of the molecule is COc1ccc(C(=O)C2C3C(=O)N(c4ccc(C)cc4)C(=O)C3C3c4ccccc4C=CN23)cc1OC. The number of amides is 2. The van der Waals surface area contributed by atoms with Crippen LogP contribution in [-0.2, 0) is 9.59 Å². The van der Waals surface area contributed by atoms with E-state index < -0.39 is 23.9 Å². The number of hydrogen-bond donors (Lipinski definition) is 0. The zero-order valence-electron chi connectivity index (χ0n) is 20.8. The maximum atomic E-state index is 14.1. The van der Waals surface area contributed by atoms with Gasteiger partial charge in [-0.25, -0.2) is 4.90 Å². The third kappa shape index (κ3) is 3.38. The van der Waals surface area contributed by atoms with Crippen LogP contribution in [0, 0.1) is 18.8 Å². The van der Waals surface area contributed by atoms with Crippen molar-refractivity contribution in [1.82, 2.24) is 4.90 Å². The molecular formula is C30H26N2O5. The monoisotopic (exact) mass is 494 g/mol. The summed E-state index contributed by atoms with van der Waals surface area (Å²) in [6.45, 7) is 1.95. The van der Waals surface area contributed by atoms with Gasteiger partial charge < -0.3 is 14.4 Å². The molecule has 37 heavy (non-hydrogen) atoms. The fourth-order valence-electron chi connectivity index (χ4n) is 5.97. The third-order valence-corrected chi connectivity index (χ3v) is 7.69. The molecule has 186 valence electrons. The smallest absolute Gasteiger partial charge is 0.240 e. The second-order valence-electron chi connectivity index (χ2n) is 9.61. The molecule has 0 aliphatic carbocycles. The molecule has 0 saturated carbocycles. The number of ketones is 1. The molecule has 7 heteroatoms. The molecule has 7 nitrogen and oxygen atoms in total. The minimum Gasteiger partial charge on any atom is -0.493 e. The van der Waals surface area contributed by atoms with Gasteiger partial charge in [-0.3, -0.25) is 14.4 Å². The number of methoxy groups -OCH3 is 2. The van der Waals surface area contributed by atoms with Gasteiger partial charge in [0.15, 0.2) is 17.3 Å². The Bertz CT molecular complexity index is 1460. The van der Waals surface area contributed by atoms with Crippen LogP contribution in [0.3, 0.4) is 0 Å². The van der Waals surface area contributed by atoms with Crippen LogP contribution in [0.15, 0.2) is 72.9 Å². The van der Waals surface area contributed by atoms with E-state index in [4.69, 9.17) is 9.47 Å². The van der Waals surface area contributed by atoms with E-state index in [0.717, 1.165) is 16.7 Å². The number of hydrogen-bond acceptors (Lipinski definition) is 6. The number of Topliss-reactive ketones (excluding diaryl/α,β-unsaturated/α-hetero) is 1. The number of rotatable bonds is 5. The summed E-state index contributed by atoms with van der Waals surface area (Å²) in [6, 6.07) is 18.9. The molecule has 0 bridgehead atoms. The Kier molecular flexibility index (Phi) is 5.37. The molecule has 2 fully saturated rings. The average Bonchev–Trinajstić information content (AvgIpc) is 3.40. The van der Waals surface area contributed by atoms with Crippen molar-refractivity contribution < 1.29 is 23.9 Å². The molecule has 0 N–H and O–H groups in total. The van der Waals surface area contributed by atoms with Crippen molar-refractivity contribution in [2.75, 3.05) is 19.1 Å². The molecule has 3 aliphatic rings. The molecule has 4 atom stereocenters. The minimum atomic E-state index is -0.843. The number of aryl methyl sites for hydroxylation is 1. The van der Waals surface area contributed by atoms with E-state index in [0.29, 0.717) is 22.7 Å². The van der Waals surface area contributed by atoms with Gasteiger partial charge in [0.1, 0.15) is 6.04 Å². The van der Waals surface area contributed by atoms with Gasteiger partial charge in [0.05, 0.1) is 37.8 Å². The van der Waals surface area contributed by atoms with Gasteiger partial charge in [0.25, 0.3) is 0 Å². The van der Waals surface area contributed by atoms with Crippen molar-refractivity contribution in [3.8, 4) is 11.5 Å². The highest BCUT2D eigenvalue weighted by Gasteiger charge is 2.64. The van der Waals surface area contributed by atoms with Crippen LogP contribution < -0.4 is 14.4 Å². The molecule has 0 spiro atoms. The molecule has 3 heterocycles. The van der Waals surface area contributed by atoms with Crippen molar-refractivity contribution in [2.24, 2.45) is 11.8 Å². The number of fused-ring (bicyclic) bond motifs is 5. The topological polar surface area (TPSA) is 76.2 Å². The van der Waals surface area contributed by atoms with Crippen molar-refractivity contribution in [3.05, 3.63) is 95.2 Å². The standard InChI is InChI=1S/C30H26N2O5/c1-17-8-11-20(12-9-17)32-29(34)24-25(30(32)35)27(28(33)19-10-13-22(36-2)23(16-19)37-3)31-15-14-18-6-4-5-7-21(18)26(24)31/h4-16,24-27H,1-3H3. The zero-order chi connectivity index (χ0) is 25.8. The van der Waals surface area contributed by atoms with Crippen LogP contribution >= 0.6 is 0 Å². The number of ether oxygens (including phenoxy) is 2. The Morgan fingerprint density at radius 3 is 2.27 bits per heavy atom. The largest absolute Gasteiger partial charge is 0.493 e. The summed E-state index contributed by atoms with van der Waals surface area (Å²) in [7, 11) is 3.04. The normalized spacial score (nSPS) is 23.5. The van der Waals surface area contributed by atoms with Crippen LogP contribution in [0.5, 0.6) is 11.5 Å². The van der Waals surface area contributed by atoms with E-state index in [1.165, 1.54) is 19.1 Å². The molecule has 3 aliphatic heterocycles. The lowest BCUT2D eigenvalue weighted by Crippen LogP contribution is -2.44. The zero-order valence-corrected chi connectivity index (χ0v) is 20.8. The van der Waals surface area contributed by atoms with E-state index in [-0.39, 0.29) is 17.6 Å². The molecule has 3 aromatic carbocycles. The number of benzene rings is 3. The summed E-state index contributed by atoms with van der Waals surface area (Å²) in [5, 5.41) is 0. The van der Waals surface area contributed by atoms with Gasteiger partial charge in [0.2, 0.25) is 11.8 Å². The molecule has 2 saturated heterocycles. The third-order valence-electron chi connectivity index (χ3n) is 7.69. The van der Waals surface area contributed by atoms with Gasteiger partial charge in [0, 0.05) is 11.8 Å². The molecular weight excluding hydrogens is 468 g/mol. The quantitative estimate of drug-likeness (QED) is 0.386. The molecule has 2 amide bonds. The summed E-state index contributed by atoms with van der Waals surface area (Å²) < 4.78 is 10.7. The summed E-state index contributed by atoms with van der Waals surface area (Å²) in [4.78, 5) is 45.2. The first-order valence-corrected chi connectivity index (χ1v) is 12.2. The number of nitrogens with zero attached hydrogens (tertiary/aromatic N) is 2. The highest BCUT2D eigenvalue weighted by atomic mass is 16.5. The Labute approximate surface area is 214 Å². The average molecular weight is 495 g/mol. The number of imide groups is 1. The lowest BCUT2D eigenvalue weighted by molar-refractivity contribution is -0.123. The summed E-state index contributed by atoms with van der Waals surface area (Å²) >= 11 is 0. The van der Waals surface area contributed by atoms with Gasteiger partial charge in [-0.2, -0.15) is 0 Å². The van der Waals surface area contributed by atoms with Crippen LogP contribution in [0.1, 0.15) is 33.1 Å². The molecule has 6 rings (SSSR count). The molecule has 3 aromatic rings. The second-order valence-corrected chi connectivity index (χ2v) is 9.61. The summed E-state index contributed by atoms with van der Waals surface area (Å²) in [5.74, 6) is -1.45. The Morgan fingerprint density at radius 1 is 0.838 bits per heavy atom. The molecule has 4 unspecified atom stereocenters. The van der Waals surface area contributed by atoms with Crippen molar-refractivity contribution in [1.29, 1.82) is 0 Å². The summed E-state index contributed by atoms with van der Waals surface area (Å²) in [5.41, 5.74) is 3.87.